The summed E-state index contributed by atoms with van der Waals surface area (Å²) in [6.45, 7) is 5.35. The first kappa shape index (κ1) is 23.2. The monoisotopic (exact) mass is 462 g/mol. The van der Waals surface area contributed by atoms with Crippen molar-refractivity contribution >= 4 is 22.0 Å². The van der Waals surface area contributed by atoms with E-state index in [9.17, 15) is 8.42 Å². The summed E-state index contributed by atoms with van der Waals surface area (Å²) in [7, 11) is -3.17. The third-order valence-electron chi connectivity index (χ3n) is 6.05. The minimum Gasteiger partial charge on any atom is -0.492 e. The minimum absolute atomic E-state index is 0.408. The smallest absolute Gasteiger partial charge is 0.175 e. The summed E-state index contributed by atoms with van der Waals surface area (Å²) in [5.74, 6) is 0.861. The van der Waals surface area contributed by atoms with Gasteiger partial charge in [0, 0.05) is 38.3 Å². The number of aryl methyl sites for hydroxylation is 1. The Morgan fingerprint density at radius 1 is 1.03 bits per heavy atom. The number of ether oxygens (including phenoxy) is 1. The molecule has 6 heteroatoms. The lowest BCUT2D eigenvalue weighted by Gasteiger charge is -2.19. The van der Waals surface area contributed by atoms with Crippen molar-refractivity contribution in [3.63, 3.8) is 0 Å². The number of nitrogens with zero attached hydrogens (tertiary/aromatic N) is 2. The Morgan fingerprint density at radius 3 is 2.64 bits per heavy atom. The average molecular weight is 463 g/mol. The molecule has 0 bridgehead atoms. The van der Waals surface area contributed by atoms with E-state index in [-0.39, 0.29) is 0 Å². The molecule has 3 aromatic rings. The molecule has 4 rings (SSSR count). The maximum absolute atomic E-state index is 11.9. The summed E-state index contributed by atoms with van der Waals surface area (Å²) < 4.78 is 29.8. The van der Waals surface area contributed by atoms with Gasteiger partial charge in [0.15, 0.2) is 9.84 Å². The summed E-state index contributed by atoms with van der Waals surface area (Å²) in [5.41, 5.74) is 5.78. The zero-order valence-corrected chi connectivity index (χ0v) is 20.0. The van der Waals surface area contributed by atoms with Crippen LogP contribution in [-0.4, -0.2) is 50.8 Å². The van der Waals surface area contributed by atoms with Crippen LogP contribution < -0.4 is 4.74 Å². The van der Waals surface area contributed by atoms with E-state index >= 15 is 0 Å². The summed E-state index contributed by atoms with van der Waals surface area (Å²) >= 11 is 0. The van der Waals surface area contributed by atoms with Gasteiger partial charge >= 0.3 is 0 Å². The summed E-state index contributed by atoms with van der Waals surface area (Å²) in [6, 6.07) is 15.7. The Bertz CT molecular complexity index is 1250. The van der Waals surface area contributed by atoms with E-state index in [0.29, 0.717) is 11.5 Å². The Morgan fingerprint density at radius 2 is 1.85 bits per heavy atom. The molecule has 2 aromatic carbocycles. The molecule has 0 radical (unpaired) electrons. The van der Waals surface area contributed by atoms with E-state index < -0.39 is 9.84 Å². The molecule has 2 heterocycles. The van der Waals surface area contributed by atoms with Crippen molar-refractivity contribution < 1.29 is 13.2 Å². The van der Waals surface area contributed by atoms with Crippen LogP contribution >= 0.6 is 0 Å². The molecule has 0 spiro atoms. The molecule has 172 valence electrons. The first-order chi connectivity index (χ1) is 15.9. The van der Waals surface area contributed by atoms with Crippen LogP contribution in [0.3, 0.4) is 0 Å². The Balaban J connectivity index is 1.31. The second kappa shape index (κ2) is 10.3. The normalized spacial score (nSPS) is 14.7. The zero-order chi connectivity index (χ0) is 23.3. The predicted molar refractivity (Wildman–Crippen MR) is 133 cm³/mol. The van der Waals surface area contributed by atoms with Crippen molar-refractivity contribution in [2.45, 2.75) is 24.7 Å². The predicted octanol–water partition coefficient (Wildman–Crippen LogP) is 4.44. The minimum atomic E-state index is -3.17. The van der Waals surface area contributed by atoms with Gasteiger partial charge in [0.2, 0.25) is 0 Å². The van der Waals surface area contributed by atoms with E-state index in [1.54, 1.807) is 12.3 Å². The van der Waals surface area contributed by atoms with Gasteiger partial charge in [-0.3, -0.25) is 9.88 Å². The molecule has 5 nitrogen and oxygen atoms in total. The largest absolute Gasteiger partial charge is 0.492 e. The molecule has 33 heavy (non-hydrogen) atoms. The number of rotatable bonds is 7. The fourth-order valence-electron chi connectivity index (χ4n) is 4.06. The molecule has 0 amide bonds. The molecule has 0 N–H and O–H groups in total. The van der Waals surface area contributed by atoms with Crippen LogP contribution in [-0.2, 0) is 22.7 Å². The van der Waals surface area contributed by atoms with Crippen LogP contribution in [0.15, 0.2) is 65.8 Å². The number of fused-ring (bicyclic) bond motifs is 1. The van der Waals surface area contributed by atoms with Crippen molar-refractivity contribution in [1.29, 1.82) is 0 Å². The van der Waals surface area contributed by atoms with Gasteiger partial charge in [-0.2, -0.15) is 0 Å². The molecular formula is C27H30N2O3S. The topological polar surface area (TPSA) is 59.5 Å². The highest BCUT2D eigenvalue weighted by molar-refractivity contribution is 7.90. The molecule has 0 atom stereocenters. The van der Waals surface area contributed by atoms with Gasteiger partial charge in [-0.25, -0.2) is 8.42 Å². The van der Waals surface area contributed by atoms with Crippen LogP contribution in [0.1, 0.15) is 27.8 Å². The van der Waals surface area contributed by atoms with Gasteiger partial charge < -0.3 is 4.74 Å². The van der Waals surface area contributed by atoms with Crippen molar-refractivity contribution in [2.24, 2.45) is 0 Å². The number of hydrogen-bond donors (Lipinski definition) is 0. The van der Waals surface area contributed by atoms with E-state index in [4.69, 9.17) is 4.74 Å². The van der Waals surface area contributed by atoms with E-state index in [0.717, 1.165) is 60.5 Å². The first-order valence-electron chi connectivity index (χ1n) is 11.2. The molecule has 1 aliphatic heterocycles. The van der Waals surface area contributed by atoms with Gasteiger partial charge in [-0.1, -0.05) is 30.4 Å². The quantitative estimate of drug-likeness (QED) is 0.519. The van der Waals surface area contributed by atoms with Gasteiger partial charge in [0.1, 0.15) is 12.4 Å². The van der Waals surface area contributed by atoms with Crippen LogP contribution in [0, 0.1) is 6.92 Å². The van der Waals surface area contributed by atoms with Crippen LogP contribution in [0.4, 0.5) is 0 Å². The average Bonchev–Trinajstić information content (AvgIpc) is 3.00. The number of sulfone groups is 1. The standard InChI is InChI=1S/C27H30N2O3S/c1-21-20-28-13-10-23(21)7-6-22-4-3-5-26(18-22)32-17-16-29-14-11-24-8-9-27(33(2,30)31)19-25(24)12-15-29/h3-10,13,18-20H,11-12,14-17H2,1-2H3/b7-6+. The lowest BCUT2D eigenvalue weighted by atomic mass is 10.0. The number of benzene rings is 2. The van der Waals surface area contributed by atoms with Gasteiger partial charge in [-0.15, -0.1) is 0 Å². The highest BCUT2D eigenvalue weighted by Gasteiger charge is 2.16. The Hall–Kier alpha value is -2.96. The summed E-state index contributed by atoms with van der Waals surface area (Å²) in [6.07, 6.45) is 10.9. The lowest BCUT2D eigenvalue weighted by Crippen LogP contribution is -2.30. The second-order valence-corrected chi connectivity index (χ2v) is 10.5. The molecule has 0 saturated heterocycles. The van der Waals surface area contributed by atoms with E-state index in [1.165, 1.54) is 11.8 Å². The first-order valence-corrected chi connectivity index (χ1v) is 13.1. The maximum Gasteiger partial charge on any atom is 0.175 e. The molecule has 0 saturated carbocycles. The highest BCUT2D eigenvalue weighted by atomic mass is 32.2. The molecule has 1 aliphatic rings. The summed E-state index contributed by atoms with van der Waals surface area (Å²) in [5, 5.41) is 0. The zero-order valence-electron chi connectivity index (χ0n) is 19.2. The highest BCUT2D eigenvalue weighted by Crippen LogP contribution is 2.21. The molecule has 0 unspecified atom stereocenters. The maximum atomic E-state index is 11.9. The fraction of sp³-hybridized carbons (Fsp3) is 0.296. The van der Waals surface area contributed by atoms with E-state index in [2.05, 4.69) is 41.1 Å². The lowest BCUT2D eigenvalue weighted by molar-refractivity contribution is 0.215. The molecule has 0 fully saturated rings. The Labute approximate surface area is 196 Å². The van der Waals surface area contributed by atoms with Crippen LogP contribution in [0.2, 0.25) is 0 Å². The second-order valence-electron chi connectivity index (χ2n) is 8.53. The van der Waals surface area contributed by atoms with Gasteiger partial charge in [0.25, 0.3) is 0 Å². The number of pyridine rings is 1. The SMILES string of the molecule is Cc1cnccc1/C=C/c1cccc(OCCN2CCc3ccc(S(C)(=O)=O)cc3CC2)c1. The van der Waals surface area contributed by atoms with Gasteiger partial charge in [-0.05, 0) is 77.9 Å². The molecule has 0 aliphatic carbocycles. The molecular weight excluding hydrogens is 432 g/mol. The fourth-order valence-corrected chi connectivity index (χ4v) is 4.73. The van der Waals surface area contributed by atoms with Crippen molar-refractivity contribution in [3.8, 4) is 5.75 Å². The van der Waals surface area contributed by atoms with Crippen molar-refractivity contribution in [3.05, 3.63) is 88.7 Å². The van der Waals surface area contributed by atoms with Crippen molar-refractivity contribution in [1.82, 2.24) is 9.88 Å². The van der Waals surface area contributed by atoms with E-state index in [1.807, 2.05) is 36.5 Å². The molecule has 1 aromatic heterocycles. The Kier molecular flexibility index (Phi) is 7.26. The third-order valence-corrected chi connectivity index (χ3v) is 7.16. The number of aromatic nitrogens is 1. The summed E-state index contributed by atoms with van der Waals surface area (Å²) in [4.78, 5) is 6.93. The van der Waals surface area contributed by atoms with Crippen LogP contribution in [0.5, 0.6) is 5.75 Å². The van der Waals surface area contributed by atoms with Crippen molar-refractivity contribution in [2.75, 3.05) is 32.5 Å². The van der Waals surface area contributed by atoms with Gasteiger partial charge in [0.05, 0.1) is 4.90 Å². The van der Waals surface area contributed by atoms with Crippen LogP contribution in [0.25, 0.3) is 12.2 Å². The third kappa shape index (κ3) is 6.30. The number of hydrogen-bond acceptors (Lipinski definition) is 5.